The van der Waals surface area contributed by atoms with Gasteiger partial charge < -0.3 is 0 Å². The quantitative estimate of drug-likeness (QED) is 0.165. The van der Waals surface area contributed by atoms with E-state index in [1.807, 2.05) is 88.4 Å². The predicted molar refractivity (Wildman–Crippen MR) is 194 cm³/mol. The summed E-state index contributed by atoms with van der Waals surface area (Å²) in [4.78, 5) is 29.1. The fourth-order valence-electron chi connectivity index (χ4n) is 4.93. The minimum Gasteiger partial charge on any atom is -0.252 e. The van der Waals surface area contributed by atoms with E-state index < -0.39 is 0 Å². The van der Waals surface area contributed by atoms with Crippen LogP contribution < -0.4 is 0 Å². The molecular weight excluding hydrogens is 564 g/mol. The summed E-state index contributed by atoms with van der Waals surface area (Å²) < 4.78 is 0. The monoisotopic (exact) mass is 604 g/mol. The molecule has 2 heterocycles. The van der Waals surface area contributed by atoms with Crippen molar-refractivity contribution in [1.29, 1.82) is 0 Å². The summed E-state index contributed by atoms with van der Waals surface area (Å²) in [6, 6.07) is 32.4. The first-order chi connectivity index (χ1) is 22.0. The Morgan fingerprint density at radius 2 is 0.739 bits per heavy atom. The van der Waals surface area contributed by atoms with E-state index in [0.29, 0.717) is 0 Å². The van der Waals surface area contributed by atoms with Gasteiger partial charge in [-0.1, -0.05) is 36.4 Å². The van der Waals surface area contributed by atoms with Gasteiger partial charge in [-0.15, -0.1) is 0 Å². The third-order valence-electron chi connectivity index (χ3n) is 7.73. The van der Waals surface area contributed by atoms with Gasteiger partial charge in [0.2, 0.25) is 0 Å². The molecule has 0 fully saturated rings. The highest BCUT2D eigenvalue weighted by molar-refractivity contribution is 6.03. The van der Waals surface area contributed by atoms with E-state index in [9.17, 15) is 0 Å². The molecule has 6 heteroatoms. The van der Waals surface area contributed by atoms with Gasteiger partial charge in [-0.2, -0.15) is 0 Å². The number of hydrogen-bond donors (Lipinski definition) is 0. The van der Waals surface area contributed by atoms with Crippen molar-refractivity contribution in [3.8, 4) is 0 Å². The van der Waals surface area contributed by atoms with Crippen LogP contribution >= 0.6 is 0 Å². The lowest BCUT2D eigenvalue weighted by atomic mass is 10.1. The Bertz CT molecular complexity index is 1870. The number of pyridine rings is 2. The molecule has 0 unspecified atom stereocenters. The van der Waals surface area contributed by atoms with Crippen LogP contribution in [0.25, 0.3) is 0 Å². The Morgan fingerprint density at radius 3 is 1.09 bits per heavy atom. The number of benzene rings is 3. The fraction of sp³-hybridized carbons (Fsp3) is 0.200. The molecule has 0 atom stereocenters. The molecule has 0 amide bonds. The average molecular weight is 605 g/mol. The second-order valence-electron chi connectivity index (χ2n) is 11.7. The third-order valence-corrected chi connectivity index (χ3v) is 7.73. The molecule has 5 aromatic rings. The van der Waals surface area contributed by atoms with Gasteiger partial charge in [0, 0.05) is 0 Å². The van der Waals surface area contributed by atoms with Gasteiger partial charge in [0.15, 0.2) is 0 Å². The van der Waals surface area contributed by atoms with Crippen LogP contribution in [0.2, 0.25) is 0 Å². The summed E-state index contributed by atoms with van der Waals surface area (Å²) in [7, 11) is 0. The number of aryl methyl sites for hydroxylation is 4. The van der Waals surface area contributed by atoms with Crippen molar-refractivity contribution in [2.45, 2.75) is 55.4 Å². The summed E-state index contributed by atoms with van der Waals surface area (Å²) >= 11 is 0. The SMILES string of the molecule is C/C(=N\c1ccc(/N=C(\C)c2cccc(/C(C)=N/c3cc(C)ccc3C)n2)cc1)c1cccc(/C(C)=N/c2cc(C)ccc2C)n1. The van der Waals surface area contributed by atoms with Crippen LogP contribution in [0.15, 0.2) is 117 Å². The van der Waals surface area contributed by atoms with Crippen molar-refractivity contribution in [2.75, 3.05) is 0 Å². The zero-order valence-corrected chi connectivity index (χ0v) is 27.9. The first-order valence-corrected chi connectivity index (χ1v) is 15.5. The Kier molecular flexibility index (Phi) is 9.87. The number of hydrogen-bond acceptors (Lipinski definition) is 6. The highest BCUT2D eigenvalue weighted by Crippen LogP contribution is 2.24. The van der Waals surface area contributed by atoms with E-state index in [1.54, 1.807) is 0 Å². The Hall–Kier alpha value is -5.36. The van der Waals surface area contributed by atoms with Gasteiger partial charge in [-0.25, -0.2) is 9.97 Å². The molecule has 0 aliphatic heterocycles. The molecule has 0 saturated carbocycles. The van der Waals surface area contributed by atoms with Gasteiger partial charge in [0.25, 0.3) is 0 Å². The summed E-state index contributed by atoms with van der Waals surface area (Å²) in [6.45, 7) is 16.2. The lowest BCUT2D eigenvalue weighted by Crippen LogP contribution is -2.05. The predicted octanol–water partition coefficient (Wildman–Crippen LogP) is 10.3. The first kappa shape index (κ1) is 32.0. The Morgan fingerprint density at radius 1 is 0.413 bits per heavy atom. The van der Waals surface area contributed by atoms with Crippen molar-refractivity contribution < 1.29 is 0 Å². The molecule has 46 heavy (non-hydrogen) atoms. The molecule has 5 rings (SSSR count). The molecule has 3 aromatic carbocycles. The van der Waals surface area contributed by atoms with Gasteiger partial charge >= 0.3 is 0 Å². The van der Waals surface area contributed by atoms with Crippen LogP contribution in [0.1, 0.15) is 72.7 Å². The Labute approximate surface area is 272 Å². The third kappa shape index (κ3) is 8.02. The number of rotatable bonds is 8. The lowest BCUT2D eigenvalue weighted by molar-refractivity contribution is 1.23. The minimum absolute atomic E-state index is 0.813. The van der Waals surface area contributed by atoms with E-state index in [-0.39, 0.29) is 0 Å². The molecular formula is C40H40N6. The van der Waals surface area contributed by atoms with E-state index in [1.165, 1.54) is 11.1 Å². The molecule has 0 bridgehead atoms. The van der Waals surface area contributed by atoms with E-state index in [4.69, 9.17) is 29.9 Å². The van der Waals surface area contributed by atoms with Gasteiger partial charge in [0.1, 0.15) is 0 Å². The van der Waals surface area contributed by atoms with Crippen LogP contribution in [0.5, 0.6) is 0 Å². The zero-order chi connectivity index (χ0) is 32.8. The smallest absolute Gasteiger partial charge is 0.0849 e. The first-order valence-electron chi connectivity index (χ1n) is 15.5. The lowest BCUT2D eigenvalue weighted by Gasteiger charge is -2.07. The van der Waals surface area contributed by atoms with E-state index in [0.717, 1.165) is 79.5 Å². The van der Waals surface area contributed by atoms with E-state index >= 15 is 0 Å². The maximum atomic E-state index is 4.86. The number of nitrogens with zero attached hydrogens (tertiary/aromatic N) is 6. The molecule has 230 valence electrons. The van der Waals surface area contributed by atoms with Crippen LogP contribution in [0.4, 0.5) is 22.7 Å². The zero-order valence-electron chi connectivity index (χ0n) is 27.9. The second-order valence-corrected chi connectivity index (χ2v) is 11.7. The highest BCUT2D eigenvalue weighted by atomic mass is 14.9. The van der Waals surface area contributed by atoms with Crippen molar-refractivity contribution in [2.24, 2.45) is 20.0 Å². The molecule has 2 aromatic heterocycles. The van der Waals surface area contributed by atoms with Crippen molar-refractivity contribution >= 4 is 45.6 Å². The summed E-state index contributed by atoms with van der Waals surface area (Å²) in [5, 5.41) is 0. The fourth-order valence-corrected chi connectivity index (χ4v) is 4.93. The molecule has 0 N–H and O–H groups in total. The highest BCUT2D eigenvalue weighted by Gasteiger charge is 2.08. The van der Waals surface area contributed by atoms with Crippen LogP contribution in [0, 0.1) is 27.7 Å². The van der Waals surface area contributed by atoms with Crippen molar-refractivity contribution in [3.05, 3.63) is 142 Å². The van der Waals surface area contributed by atoms with Crippen LogP contribution in [0.3, 0.4) is 0 Å². The summed E-state index contributed by atoms with van der Waals surface area (Å²) in [5.41, 5.74) is 14.9. The average Bonchev–Trinajstić information content (AvgIpc) is 3.05. The number of aliphatic imine (C=N–C) groups is 4. The maximum absolute atomic E-state index is 4.86. The standard InChI is InChI=1S/C40H40N6/c1-25-15-17-27(3)39(23-25)43-31(7)37-13-9-11-35(45-37)29(5)41-33-19-21-34(22-20-33)42-30(6)36-12-10-14-38(46-36)32(8)44-40-24-26(2)16-18-28(40)4/h9-24H,1-8H3/b41-29+,42-30+,43-31+,44-32+. The maximum Gasteiger partial charge on any atom is 0.0849 e. The summed E-state index contributed by atoms with van der Waals surface area (Å²) in [5.74, 6) is 0. The van der Waals surface area contributed by atoms with Gasteiger partial charge in [-0.3, -0.25) is 20.0 Å². The van der Waals surface area contributed by atoms with Crippen LogP contribution in [-0.4, -0.2) is 32.8 Å². The molecule has 0 saturated heterocycles. The normalized spacial score (nSPS) is 12.9. The van der Waals surface area contributed by atoms with Gasteiger partial charge in [-0.05, 0) is 138 Å². The summed E-state index contributed by atoms with van der Waals surface area (Å²) in [6.07, 6.45) is 0. The Balaban J connectivity index is 1.31. The molecule has 0 radical (unpaired) electrons. The van der Waals surface area contributed by atoms with E-state index in [2.05, 4.69) is 64.1 Å². The minimum atomic E-state index is 0.813. The topological polar surface area (TPSA) is 75.2 Å². The van der Waals surface area contributed by atoms with Crippen molar-refractivity contribution in [1.82, 2.24) is 9.97 Å². The van der Waals surface area contributed by atoms with Crippen LogP contribution in [-0.2, 0) is 0 Å². The van der Waals surface area contributed by atoms with Gasteiger partial charge in [0.05, 0.1) is 68.4 Å². The van der Waals surface area contributed by atoms with Crippen molar-refractivity contribution in [3.63, 3.8) is 0 Å². The molecule has 0 aliphatic carbocycles. The number of aromatic nitrogens is 2. The second kappa shape index (κ2) is 14.2. The largest absolute Gasteiger partial charge is 0.252 e. The molecule has 6 nitrogen and oxygen atoms in total. The molecule has 0 spiro atoms. The molecule has 0 aliphatic rings.